The zero-order chi connectivity index (χ0) is 14.7. The van der Waals surface area contributed by atoms with Crippen LogP contribution in [0.1, 0.15) is 39.6 Å². The summed E-state index contributed by atoms with van der Waals surface area (Å²) in [5, 5.41) is 2.55. The molecule has 1 heterocycles. The maximum atomic E-state index is 12.4. The number of amides is 1. The number of carbonyl (C=O) groups is 1. The van der Waals surface area contributed by atoms with Gasteiger partial charge in [0.2, 0.25) is 0 Å². The van der Waals surface area contributed by atoms with Gasteiger partial charge >= 0.3 is 0 Å². The Morgan fingerprint density at radius 2 is 2.05 bits per heavy atom. The quantitative estimate of drug-likeness (QED) is 0.941. The summed E-state index contributed by atoms with van der Waals surface area (Å²) >= 11 is 1.42. The second-order valence-electron chi connectivity index (χ2n) is 4.83. The Bertz CT molecular complexity index is 591. The molecule has 20 heavy (non-hydrogen) atoms. The number of aromatic nitrogens is 1. The summed E-state index contributed by atoms with van der Waals surface area (Å²) < 4.78 is 0. The van der Waals surface area contributed by atoms with Crippen LogP contribution in [-0.2, 0) is 6.54 Å². The molecule has 2 rings (SSSR count). The van der Waals surface area contributed by atoms with Crippen LogP contribution in [0.3, 0.4) is 0 Å². The van der Waals surface area contributed by atoms with E-state index in [1.54, 1.807) is 17.3 Å². The molecular weight excluding hydrogens is 270 g/mol. The van der Waals surface area contributed by atoms with Gasteiger partial charge in [0.15, 0.2) is 0 Å². The smallest absolute Gasteiger partial charge is 0.273 e. The molecule has 0 spiro atoms. The van der Waals surface area contributed by atoms with Gasteiger partial charge in [0.1, 0.15) is 10.7 Å². The summed E-state index contributed by atoms with van der Waals surface area (Å²) in [6, 6.07) is 8.22. The number of nitrogens with zero attached hydrogens (tertiary/aromatic N) is 2. The predicted molar refractivity (Wildman–Crippen MR) is 81.7 cm³/mol. The van der Waals surface area contributed by atoms with Gasteiger partial charge in [-0.2, -0.15) is 0 Å². The second kappa shape index (κ2) is 6.15. The Morgan fingerprint density at radius 1 is 1.40 bits per heavy atom. The Morgan fingerprint density at radius 3 is 2.60 bits per heavy atom. The molecule has 0 aliphatic heterocycles. The number of hydrogen-bond acceptors (Lipinski definition) is 4. The molecule has 0 saturated heterocycles. The van der Waals surface area contributed by atoms with Crippen molar-refractivity contribution in [2.24, 2.45) is 5.73 Å². The predicted octanol–water partition coefficient (Wildman–Crippen LogP) is 2.74. The molecule has 0 aliphatic carbocycles. The van der Waals surface area contributed by atoms with Gasteiger partial charge in [-0.05, 0) is 19.4 Å². The third-order valence-corrected chi connectivity index (χ3v) is 4.28. The average Bonchev–Trinajstić information content (AvgIpc) is 2.94. The fourth-order valence-corrected chi connectivity index (χ4v) is 2.58. The van der Waals surface area contributed by atoms with E-state index in [4.69, 9.17) is 5.73 Å². The van der Waals surface area contributed by atoms with Gasteiger partial charge in [-0.3, -0.25) is 4.79 Å². The summed E-state index contributed by atoms with van der Waals surface area (Å²) in [7, 11) is 1.80. The maximum Gasteiger partial charge on any atom is 0.273 e. The molecule has 2 N–H and O–H groups in total. The summed E-state index contributed by atoms with van der Waals surface area (Å²) in [6.45, 7) is 4.43. The maximum absolute atomic E-state index is 12.4. The number of nitrogens with two attached hydrogens (primary N) is 1. The Kier molecular flexibility index (Phi) is 4.52. The molecule has 106 valence electrons. The molecule has 1 aromatic heterocycles. The number of aryl methyl sites for hydroxylation is 1. The molecule has 0 saturated carbocycles. The van der Waals surface area contributed by atoms with Crippen LogP contribution in [0, 0.1) is 6.92 Å². The highest BCUT2D eigenvalue weighted by atomic mass is 32.1. The number of thiazole rings is 1. The molecule has 2 aromatic rings. The summed E-state index contributed by atoms with van der Waals surface area (Å²) in [6.07, 6.45) is 0. The highest BCUT2D eigenvalue weighted by molar-refractivity contribution is 7.09. The van der Waals surface area contributed by atoms with E-state index < -0.39 is 0 Å². The number of benzene rings is 1. The number of hydrogen-bond donors (Lipinski definition) is 1. The van der Waals surface area contributed by atoms with Crippen LogP contribution in [0.15, 0.2) is 29.6 Å². The van der Waals surface area contributed by atoms with Crippen LogP contribution < -0.4 is 5.73 Å². The van der Waals surface area contributed by atoms with E-state index in [9.17, 15) is 4.79 Å². The minimum atomic E-state index is -0.0750. The van der Waals surface area contributed by atoms with Crippen molar-refractivity contribution >= 4 is 17.2 Å². The van der Waals surface area contributed by atoms with Gasteiger partial charge in [0.05, 0.1) is 6.04 Å². The van der Waals surface area contributed by atoms with Crippen molar-refractivity contribution in [3.63, 3.8) is 0 Å². The monoisotopic (exact) mass is 289 g/mol. The molecule has 1 atom stereocenters. The van der Waals surface area contributed by atoms with Crippen molar-refractivity contribution in [3.05, 3.63) is 51.5 Å². The molecule has 0 bridgehead atoms. The molecule has 1 aromatic carbocycles. The topological polar surface area (TPSA) is 59.2 Å². The van der Waals surface area contributed by atoms with Crippen LogP contribution in [0.2, 0.25) is 0 Å². The summed E-state index contributed by atoms with van der Waals surface area (Å²) in [5.74, 6) is -0.0750. The van der Waals surface area contributed by atoms with E-state index in [1.165, 1.54) is 16.9 Å². The van der Waals surface area contributed by atoms with Crippen LogP contribution in [-0.4, -0.2) is 22.8 Å². The lowest BCUT2D eigenvalue weighted by Crippen LogP contribution is -2.30. The SMILES string of the molecule is Cc1ccc(C(C)N(C)C(=O)c2csc(CN)n2)cc1. The fraction of sp³-hybridized carbons (Fsp3) is 0.333. The third kappa shape index (κ3) is 3.05. The van der Waals surface area contributed by atoms with E-state index >= 15 is 0 Å². The normalized spacial score (nSPS) is 12.2. The van der Waals surface area contributed by atoms with Crippen molar-refractivity contribution < 1.29 is 4.79 Å². The Hall–Kier alpha value is -1.72. The molecule has 5 heteroatoms. The van der Waals surface area contributed by atoms with Crippen molar-refractivity contribution in [2.75, 3.05) is 7.05 Å². The number of carbonyl (C=O) groups excluding carboxylic acids is 1. The Labute approximate surface area is 123 Å². The zero-order valence-electron chi connectivity index (χ0n) is 12.0. The van der Waals surface area contributed by atoms with Crippen LogP contribution in [0.25, 0.3) is 0 Å². The minimum absolute atomic E-state index is 0.00567. The lowest BCUT2D eigenvalue weighted by Gasteiger charge is -2.24. The second-order valence-corrected chi connectivity index (χ2v) is 5.78. The van der Waals surface area contributed by atoms with E-state index in [0.29, 0.717) is 12.2 Å². The van der Waals surface area contributed by atoms with Gasteiger partial charge in [0, 0.05) is 19.0 Å². The fourth-order valence-electron chi connectivity index (χ4n) is 1.93. The van der Waals surface area contributed by atoms with Gasteiger partial charge in [-0.1, -0.05) is 29.8 Å². The highest BCUT2D eigenvalue weighted by Gasteiger charge is 2.20. The van der Waals surface area contributed by atoms with E-state index in [-0.39, 0.29) is 11.9 Å². The van der Waals surface area contributed by atoms with Crippen LogP contribution in [0.4, 0.5) is 0 Å². The molecule has 1 unspecified atom stereocenters. The van der Waals surface area contributed by atoms with Gasteiger partial charge in [-0.15, -0.1) is 11.3 Å². The van der Waals surface area contributed by atoms with Crippen LogP contribution in [0.5, 0.6) is 0 Å². The first-order chi connectivity index (χ1) is 9.52. The third-order valence-electron chi connectivity index (χ3n) is 3.41. The van der Waals surface area contributed by atoms with Crippen molar-refractivity contribution in [2.45, 2.75) is 26.4 Å². The van der Waals surface area contributed by atoms with Gasteiger partial charge in [-0.25, -0.2) is 4.98 Å². The van der Waals surface area contributed by atoms with E-state index in [2.05, 4.69) is 29.2 Å². The van der Waals surface area contributed by atoms with E-state index in [1.807, 2.05) is 13.8 Å². The van der Waals surface area contributed by atoms with Crippen LogP contribution >= 0.6 is 11.3 Å². The molecule has 1 amide bonds. The van der Waals surface area contributed by atoms with Gasteiger partial charge < -0.3 is 10.6 Å². The summed E-state index contributed by atoms with van der Waals surface area (Å²) in [5.41, 5.74) is 8.32. The van der Waals surface area contributed by atoms with Gasteiger partial charge in [0.25, 0.3) is 5.91 Å². The number of rotatable bonds is 4. The standard InChI is InChI=1S/C15H19N3OS/c1-10-4-6-12(7-5-10)11(2)18(3)15(19)13-9-20-14(8-16)17-13/h4-7,9,11H,8,16H2,1-3H3. The molecule has 0 fully saturated rings. The van der Waals surface area contributed by atoms with Crippen molar-refractivity contribution in [1.82, 2.24) is 9.88 Å². The highest BCUT2D eigenvalue weighted by Crippen LogP contribution is 2.21. The largest absolute Gasteiger partial charge is 0.334 e. The molecule has 4 nitrogen and oxygen atoms in total. The molecule has 0 aliphatic rings. The first-order valence-corrected chi connectivity index (χ1v) is 7.39. The lowest BCUT2D eigenvalue weighted by molar-refractivity contribution is 0.0737. The molecule has 0 radical (unpaired) electrons. The zero-order valence-corrected chi connectivity index (χ0v) is 12.8. The van der Waals surface area contributed by atoms with E-state index in [0.717, 1.165) is 10.6 Å². The Balaban J connectivity index is 2.15. The lowest BCUT2D eigenvalue weighted by atomic mass is 10.1. The average molecular weight is 289 g/mol. The minimum Gasteiger partial charge on any atom is -0.334 e. The summed E-state index contributed by atoms with van der Waals surface area (Å²) in [4.78, 5) is 18.3. The first-order valence-electron chi connectivity index (χ1n) is 6.51. The first kappa shape index (κ1) is 14.7. The van der Waals surface area contributed by atoms with Crippen molar-refractivity contribution in [1.29, 1.82) is 0 Å². The molecular formula is C15H19N3OS. The van der Waals surface area contributed by atoms with Crippen molar-refractivity contribution in [3.8, 4) is 0 Å².